The minimum absolute atomic E-state index is 0.0916. The van der Waals surface area contributed by atoms with Crippen molar-refractivity contribution in [2.24, 2.45) is 5.41 Å². The van der Waals surface area contributed by atoms with E-state index >= 15 is 0 Å². The van der Waals surface area contributed by atoms with Crippen molar-refractivity contribution in [3.05, 3.63) is 62.7 Å². The van der Waals surface area contributed by atoms with Crippen molar-refractivity contribution >= 4 is 34.9 Å². The highest BCUT2D eigenvalue weighted by Gasteiger charge is 2.65. The van der Waals surface area contributed by atoms with Crippen LogP contribution in [-0.2, 0) is 20.7 Å². The molecule has 4 atom stereocenters. The number of rotatable bonds is 2. The molecule has 0 aliphatic carbocycles. The summed E-state index contributed by atoms with van der Waals surface area (Å²) < 4.78 is 6.10. The summed E-state index contributed by atoms with van der Waals surface area (Å²) in [7, 11) is 0. The van der Waals surface area contributed by atoms with Gasteiger partial charge in [-0.15, -0.1) is 0 Å². The lowest BCUT2D eigenvalue weighted by atomic mass is 9.66. The zero-order chi connectivity index (χ0) is 26.1. The number of carbonyl (C=O) groups excluding carboxylic acids is 3. The Morgan fingerprint density at radius 2 is 1.75 bits per heavy atom. The number of ether oxygens (including phenoxy) is 1. The molecule has 0 saturated carbocycles. The van der Waals surface area contributed by atoms with Gasteiger partial charge in [-0.05, 0) is 57.4 Å². The van der Waals surface area contributed by atoms with E-state index in [1.165, 1.54) is 12.1 Å². The first-order valence-electron chi connectivity index (χ1n) is 11.9. The average molecular weight is 493 g/mol. The number of carbonyl (C=O) groups is 3. The van der Waals surface area contributed by atoms with Crippen LogP contribution in [0.25, 0.3) is 0 Å². The zero-order valence-electron chi connectivity index (χ0n) is 20.8. The first-order chi connectivity index (χ1) is 17.0. The van der Waals surface area contributed by atoms with Crippen LogP contribution < -0.4 is 15.1 Å². The summed E-state index contributed by atoms with van der Waals surface area (Å²) in [5.41, 5.74) is 2.26. The van der Waals surface area contributed by atoms with Crippen molar-refractivity contribution < 1.29 is 24.0 Å². The molecular formula is C26H28N4O6. The number of hydrogen-bond donors (Lipinski definition) is 1. The first-order valence-corrected chi connectivity index (χ1v) is 11.9. The van der Waals surface area contributed by atoms with Gasteiger partial charge in [0.05, 0.1) is 28.9 Å². The van der Waals surface area contributed by atoms with Gasteiger partial charge in [0.2, 0.25) is 5.91 Å². The van der Waals surface area contributed by atoms with Crippen molar-refractivity contribution in [3.63, 3.8) is 0 Å². The highest BCUT2D eigenvalue weighted by atomic mass is 16.6. The summed E-state index contributed by atoms with van der Waals surface area (Å²) in [5, 5.41) is 14.0. The predicted octanol–water partition coefficient (Wildman–Crippen LogP) is 3.33. The summed E-state index contributed by atoms with van der Waals surface area (Å²) in [6.45, 7) is 9.67. The van der Waals surface area contributed by atoms with E-state index in [2.05, 4.69) is 5.32 Å². The van der Waals surface area contributed by atoms with Crippen LogP contribution in [0, 0.1) is 36.3 Å². The van der Waals surface area contributed by atoms with E-state index in [0.29, 0.717) is 17.8 Å². The first kappa shape index (κ1) is 23.9. The predicted molar refractivity (Wildman–Crippen MR) is 132 cm³/mol. The number of hydrogen-bond acceptors (Lipinski definition) is 7. The SMILES string of the molecule is Cc1cc(C)c(N2C(=O)NC(=O)C3(Cc4cc([N+](=O)[O-])ccc4N4CC(C)OC(C)C43)C2=O)c(C)c1. The molecule has 10 heteroatoms. The molecule has 0 aromatic heterocycles. The van der Waals surface area contributed by atoms with Gasteiger partial charge >= 0.3 is 6.03 Å². The van der Waals surface area contributed by atoms with Crippen molar-refractivity contribution in [1.82, 2.24) is 5.32 Å². The number of fused-ring (bicyclic) bond motifs is 4. The maximum Gasteiger partial charge on any atom is 0.335 e. The Morgan fingerprint density at radius 1 is 1.08 bits per heavy atom. The second-order valence-corrected chi connectivity index (χ2v) is 10.1. The lowest BCUT2D eigenvalue weighted by Crippen LogP contribution is -2.76. The van der Waals surface area contributed by atoms with Gasteiger partial charge in [0, 0.05) is 30.8 Å². The fourth-order valence-corrected chi connectivity index (χ4v) is 6.35. The standard InChI is InChI=1S/C26H28N4O6/c1-13-8-14(2)21(15(3)9-13)29-24(32)26(23(31)27-25(29)33)11-18-10-19(30(34)35)6-7-20(18)28-12-16(4)36-17(5)22(26)28/h6-10,16-17,22H,11-12H2,1-5H3,(H,27,31,33). The Kier molecular flexibility index (Phi) is 5.40. The second kappa shape index (κ2) is 8.12. The minimum Gasteiger partial charge on any atom is -0.372 e. The van der Waals surface area contributed by atoms with Crippen LogP contribution in [0.4, 0.5) is 21.9 Å². The van der Waals surface area contributed by atoms with Crippen LogP contribution >= 0.6 is 0 Å². The van der Waals surface area contributed by atoms with Gasteiger partial charge in [0.25, 0.3) is 11.6 Å². The molecule has 4 amide bonds. The average Bonchev–Trinajstić information content (AvgIpc) is 2.78. The molecule has 10 nitrogen and oxygen atoms in total. The Labute approximate surface area is 208 Å². The van der Waals surface area contributed by atoms with Crippen LogP contribution in [0.15, 0.2) is 30.3 Å². The molecule has 2 aromatic carbocycles. The number of barbiturate groups is 1. The van der Waals surface area contributed by atoms with Crippen molar-refractivity contribution in [3.8, 4) is 0 Å². The van der Waals surface area contributed by atoms with E-state index in [1.54, 1.807) is 6.07 Å². The topological polar surface area (TPSA) is 122 Å². The number of non-ortho nitro benzene ring substituents is 1. The maximum atomic E-state index is 14.5. The number of aryl methyl sites for hydroxylation is 3. The molecule has 3 aliphatic heterocycles. The van der Waals surface area contributed by atoms with E-state index in [0.717, 1.165) is 27.3 Å². The Hall–Kier alpha value is -3.79. The minimum atomic E-state index is -1.72. The van der Waals surface area contributed by atoms with Crippen LogP contribution in [0.3, 0.4) is 0 Å². The summed E-state index contributed by atoms with van der Waals surface area (Å²) in [4.78, 5) is 55.4. The molecule has 0 radical (unpaired) electrons. The maximum absolute atomic E-state index is 14.5. The summed E-state index contributed by atoms with van der Waals surface area (Å²) >= 11 is 0. The number of benzene rings is 2. The van der Waals surface area contributed by atoms with E-state index in [4.69, 9.17) is 4.74 Å². The number of nitro benzene ring substituents is 1. The molecule has 2 fully saturated rings. The lowest BCUT2D eigenvalue weighted by molar-refractivity contribution is -0.384. The molecule has 3 heterocycles. The molecular weight excluding hydrogens is 464 g/mol. The fourth-order valence-electron chi connectivity index (χ4n) is 6.35. The van der Waals surface area contributed by atoms with E-state index < -0.39 is 40.3 Å². The van der Waals surface area contributed by atoms with Crippen LogP contribution in [0.5, 0.6) is 0 Å². The molecule has 2 saturated heterocycles. The monoisotopic (exact) mass is 492 g/mol. The van der Waals surface area contributed by atoms with Crippen molar-refractivity contribution in [1.29, 1.82) is 0 Å². The highest BCUT2D eigenvalue weighted by molar-refractivity contribution is 6.31. The van der Waals surface area contributed by atoms with Gasteiger partial charge in [-0.25, -0.2) is 9.69 Å². The fraction of sp³-hybridized carbons (Fsp3) is 0.423. The number of morpholine rings is 1. The van der Waals surface area contributed by atoms with Gasteiger partial charge < -0.3 is 9.64 Å². The number of urea groups is 1. The van der Waals surface area contributed by atoms with Gasteiger partial charge in [-0.1, -0.05) is 17.7 Å². The van der Waals surface area contributed by atoms with Gasteiger partial charge in [0.15, 0.2) is 5.41 Å². The number of nitrogens with zero attached hydrogens (tertiary/aromatic N) is 3. The number of amides is 4. The van der Waals surface area contributed by atoms with Crippen LogP contribution in [0.1, 0.15) is 36.1 Å². The quantitative estimate of drug-likeness (QED) is 0.388. The Morgan fingerprint density at radius 3 is 2.39 bits per heavy atom. The summed E-state index contributed by atoms with van der Waals surface area (Å²) in [5.74, 6) is -1.36. The molecule has 4 unspecified atom stereocenters. The van der Waals surface area contributed by atoms with Gasteiger partial charge in [-0.2, -0.15) is 0 Å². The largest absolute Gasteiger partial charge is 0.372 e. The van der Waals surface area contributed by atoms with Crippen LogP contribution in [-0.4, -0.2) is 47.6 Å². The smallest absolute Gasteiger partial charge is 0.335 e. The van der Waals surface area contributed by atoms with E-state index in [1.807, 2.05) is 51.7 Å². The number of anilines is 2. The molecule has 0 bridgehead atoms. The summed E-state index contributed by atoms with van der Waals surface area (Å²) in [6.07, 6.45) is -0.816. The molecule has 36 heavy (non-hydrogen) atoms. The third-order valence-electron chi connectivity index (χ3n) is 7.51. The van der Waals surface area contributed by atoms with E-state index in [-0.39, 0.29) is 18.2 Å². The highest BCUT2D eigenvalue weighted by Crippen LogP contribution is 2.49. The second-order valence-electron chi connectivity index (χ2n) is 10.1. The third kappa shape index (κ3) is 3.31. The Bertz CT molecular complexity index is 1320. The molecule has 3 aliphatic rings. The van der Waals surface area contributed by atoms with Crippen molar-refractivity contribution in [2.45, 2.75) is 59.3 Å². The van der Waals surface area contributed by atoms with E-state index in [9.17, 15) is 24.5 Å². The molecule has 1 spiro atoms. The number of imide groups is 2. The van der Waals surface area contributed by atoms with Crippen LogP contribution in [0.2, 0.25) is 0 Å². The lowest BCUT2D eigenvalue weighted by Gasteiger charge is -2.56. The molecule has 188 valence electrons. The number of nitrogens with one attached hydrogen (secondary N) is 1. The van der Waals surface area contributed by atoms with Gasteiger partial charge in [0.1, 0.15) is 0 Å². The molecule has 1 N–H and O–H groups in total. The molecule has 2 aromatic rings. The third-order valence-corrected chi connectivity index (χ3v) is 7.51. The van der Waals surface area contributed by atoms with Crippen molar-refractivity contribution in [2.75, 3.05) is 16.3 Å². The Balaban J connectivity index is 1.73. The zero-order valence-corrected chi connectivity index (χ0v) is 20.8. The summed E-state index contributed by atoms with van der Waals surface area (Å²) in [6, 6.07) is 6.76. The molecule has 5 rings (SSSR count). The van der Waals surface area contributed by atoms with Gasteiger partial charge in [-0.3, -0.25) is 25.0 Å². The normalized spacial score (nSPS) is 27.6. The number of nitro groups is 1.